The highest BCUT2D eigenvalue weighted by Crippen LogP contribution is 2.29. The third-order valence-electron chi connectivity index (χ3n) is 4.62. The Morgan fingerprint density at radius 2 is 2.00 bits per heavy atom. The Labute approximate surface area is 126 Å². The summed E-state index contributed by atoms with van der Waals surface area (Å²) in [4.78, 5) is 14.2. The van der Waals surface area contributed by atoms with Crippen molar-refractivity contribution in [3.8, 4) is 0 Å². The third-order valence-corrected chi connectivity index (χ3v) is 4.62. The van der Waals surface area contributed by atoms with Gasteiger partial charge in [-0.25, -0.2) is 4.79 Å². The molecule has 4 heteroatoms. The lowest BCUT2D eigenvalue weighted by Gasteiger charge is -2.45. The molecule has 1 spiro atoms. The van der Waals surface area contributed by atoms with E-state index in [-0.39, 0.29) is 11.6 Å². The van der Waals surface area contributed by atoms with Crippen LogP contribution in [0.4, 0.5) is 4.79 Å². The van der Waals surface area contributed by atoms with Crippen LogP contribution < -0.4 is 5.32 Å². The molecule has 0 radical (unpaired) electrons. The maximum absolute atomic E-state index is 12.3. The van der Waals surface area contributed by atoms with Gasteiger partial charge in [-0.15, -0.1) is 0 Å². The average Bonchev–Trinajstić information content (AvgIpc) is 2.54. The molecule has 0 bridgehead atoms. The number of piperidine rings is 2. The van der Waals surface area contributed by atoms with Gasteiger partial charge in [-0.3, -0.25) is 0 Å². The summed E-state index contributed by atoms with van der Waals surface area (Å²) in [5, 5.41) is 3.64. The summed E-state index contributed by atoms with van der Waals surface area (Å²) < 4.78 is 5.46. The van der Waals surface area contributed by atoms with Crippen molar-refractivity contribution in [3.05, 3.63) is 35.9 Å². The minimum atomic E-state index is -0.176. The van der Waals surface area contributed by atoms with Crippen LogP contribution in [-0.2, 0) is 11.3 Å². The first-order valence-electron chi connectivity index (χ1n) is 7.98. The van der Waals surface area contributed by atoms with Crippen molar-refractivity contribution in [2.45, 2.75) is 44.2 Å². The Kier molecular flexibility index (Phi) is 4.44. The van der Waals surface area contributed by atoms with Crippen LogP contribution in [0.1, 0.15) is 37.7 Å². The van der Waals surface area contributed by atoms with Gasteiger partial charge in [0.1, 0.15) is 6.61 Å². The first kappa shape index (κ1) is 14.4. The quantitative estimate of drug-likeness (QED) is 0.909. The summed E-state index contributed by atoms with van der Waals surface area (Å²) in [5.74, 6) is 0. The van der Waals surface area contributed by atoms with Gasteiger partial charge in [0.25, 0.3) is 0 Å². The number of nitrogens with zero attached hydrogens (tertiary/aromatic N) is 1. The van der Waals surface area contributed by atoms with Crippen molar-refractivity contribution in [3.63, 3.8) is 0 Å². The Hall–Kier alpha value is -1.55. The number of hydrogen-bond donors (Lipinski definition) is 1. The number of carbonyl (C=O) groups is 1. The second-order valence-corrected chi connectivity index (χ2v) is 6.23. The number of likely N-dealkylation sites (tertiary alicyclic amines) is 1. The fraction of sp³-hybridized carbons (Fsp3) is 0.588. The second kappa shape index (κ2) is 6.48. The predicted octanol–water partition coefficient (Wildman–Crippen LogP) is 2.93. The van der Waals surface area contributed by atoms with Gasteiger partial charge in [0.15, 0.2) is 0 Å². The molecule has 1 aromatic carbocycles. The van der Waals surface area contributed by atoms with Crippen LogP contribution in [0.2, 0.25) is 0 Å². The molecule has 2 aliphatic rings. The number of hydrogen-bond acceptors (Lipinski definition) is 3. The molecule has 3 rings (SSSR count). The number of carbonyl (C=O) groups excluding carboxylic acids is 1. The van der Waals surface area contributed by atoms with Crippen LogP contribution in [0, 0.1) is 0 Å². The van der Waals surface area contributed by atoms with Gasteiger partial charge in [-0.1, -0.05) is 36.8 Å². The molecule has 1 aromatic rings. The standard InChI is InChI=1S/C17H24N2O2/c20-16(21-13-15-7-2-1-3-8-15)19-12-6-10-17(14-19)9-4-5-11-18-17/h1-3,7-8,18H,4-6,9-14H2. The fourth-order valence-electron chi connectivity index (χ4n) is 3.48. The van der Waals surface area contributed by atoms with Crippen molar-refractivity contribution >= 4 is 6.09 Å². The van der Waals surface area contributed by atoms with Gasteiger partial charge in [0.2, 0.25) is 0 Å². The third kappa shape index (κ3) is 3.56. The Morgan fingerprint density at radius 3 is 2.76 bits per heavy atom. The number of ether oxygens (including phenoxy) is 1. The molecule has 2 fully saturated rings. The molecule has 2 saturated heterocycles. The number of rotatable bonds is 2. The van der Waals surface area contributed by atoms with E-state index in [1.165, 1.54) is 25.7 Å². The van der Waals surface area contributed by atoms with E-state index < -0.39 is 0 Å². The van der Waals surface area contributed by atoms with Gasteiger partial charge in [-0.2, -0.15) is 0 Å². The average molecular weight is 288 g/mol. The molecule has 1 atom stereocenters. The van der Waals surface area contributed by atoms with Crippen LogP contribution >= 0.6 is 0 Å². The summed E-state index contributed by atoms with van der Waals surface area (Å²) in [5.41, 5.74) is 1.18. The summed E-state index contributed by atoms with van der Waals surface area (Å²) in [6.45, 7) is 3.04. The molecule has 1 unspecified atom stereocenters. The minimum absolute atomic E-state index is 0.141. The van der Waals surface area contributed by atoms with E-state index in [0.717, 1.165) is 31.6 Å². The zero-order chi connectivity index (χ0) is 14.5. The van der Waals surface area contributed by atoms with E-state index >= 15 is 0 Å². The van der Waals surface area contributed by atoms with E-state index in [2.05, 4.69) is 5.32 Å². The molecule has 21 heavy (non-hydrogen) atoms. The van der Waals surface area contributed by atoms with Gasteiger partial charge >= 0.3 is 6.09 Å². The lowest BCUT2D eigenvalue weighted by molar-refractivity contribution is 0.0578. The molecule has 2 aliphatic heterocycles. The van der Waals surface area contributed by atoms with Crippen molar-refractivity contribution in [2.75, 3.05) is 19.6 Å². The van der Waals surface area contributed by atoms with Gasteiger partial charge < -0.3 is 15.0 Å². The lowest BCUT2D eigenvalue weighted by atomic mass is 9.82. The van der Waals surface area contributed by atoms with Crippen molar-refractivity contribution in [2.24, 2.45) is 0 Å². The highest BCUT2D eigenvalue weighted by molar-refractivity contribution is 5.68. The molecule has 2 heterocycles. The smallest absolute Gasteiger partial charge is 0.410 e. The minimum Gasteiger partial charge on any atom is -0.445 e. The van der Waals surface area contributed by atoms with E-state index in [1.54, 1.807) is 0 Å². The van der Waals surface area contributed by atoms with E-state index in [9.17, 15) is 4.79 Å². The maximum Gasteiger partial charge on any atom is 0.410 e. The normalized spacial score (nSPS) is 25.8. The summed E-state index contributed by atoms with van der Waals surface area (Å²) in [6, 6.07) is 9.85. The molecule has 0 saturated carbocycles. The maximum atomic E-state index is 12.3. The lowest BCUT2D eigenvalue weighted by Crippen LogP contribution is -2.59. The van der Waals surface area contributed by atoms with Crippen molar-refractivity contribution in [1.82, 2.24) is 10.2 Å². The Bertz CT molecular complexity index is 463. The molecule has 1 N–H and O–H groups in total. The summed E-state index contributed by atoms with van der Waals surface area (Å²) in [6.07, 6.45) is 5.75. The molecule has 4 nitrogen and oxygen atoms in total. The first-order chi connectivity index (χ1) is 10.3. The van der Waals surface area contributed by atoms with Crippen molar-refractivity contribution < 1.29 is 9.53 Å². The van der Waals surface area contributed by atoms with Crippen LogP contribution in [0.5, 0.6) is 0 Å². The molecule has 0 aromatic heterocycles. The van der Waals surface area contributed by atoms with E-state index in [0.29, 0.717) is 6.61 Å². The van der Waals surface area contributed by atoms with Gasteiger partial charge in [-0.05, 0) is 37.8 Å². The highest BCUT2D eigenvalue weighted by Gasteiger charge is 2.38. The second-order valence-electron chi connectivity index (χ2n) is 6.23. The van der Waals surface area contributed by atoms with Gasteiger partial charge in [0.05, 0.1) is 0 Å². The first-order valence-corrected chi connectivity index (χ1v) is 7.98. The molecular weight excluding hydrogens is 264 g/mol. The van der Waals surface area contributed by atoms with E-state index in [1.807, 2.05) is 35.2 Å². The largest absolute Gasteiger partial charge is 0.445 e. The van der Waals surface area contributed by atoms with Crippen LogP contribution in [-0.4, -0.2) is 36.2 Å². The zero-order valence-corrected chi connectivity index (χ0v) is 12.5. The van der Waals surface area contributed by atoms with Crippen molar-refractivity contribution in [1.29, 1.82) is 0 Å². The van der Waals surface area contributed by atoms with Gasteiger partial charge in [0, 0.05) is 18.6 Å². The number of nitrogens with one attached hydrogen (secondary N) is 1. The molecule has 1 amide bonds. The zero-order valence-electron chi connectivity index (χ0n) is 12.5. The number of amides is 1. The summed E-state index contributed by atoms with van der Waals surface area (Å²) in [7, 11) is 0. The molecule has 0 aliphatic carbocycles. The SMILES string of the molecule is O=C(OCc1ccccc1)N1CCCC2(CCCCN2)C1. The van der Waals surface area contributed by atoms with Crippen LogP contribution in [0.15, 0.2) is 30.3 Å². The number of benzene rings is 1. The Morgan fingerprint density at radius 1 is 1.19 bits per heavy atom. The Balaban J connectivity index is 1.54. The van der Waals surface area contributed by atoms with E-state index in [4.69, 9.17) is 4.74 Å². The van der Waals surface area contributed by atoms with Crippen LogP contribution in [0.25, 0.3) is 0 Å². The van der Waals surface area contributed by atoms with Crippen LogP contribution in [0.3, 0.4) is 0 Å². The monoisotopic (exact) mass is 288 g/mol. The fourth-order valence-corrected chi connectivity index (χ4v) is 3.48. The summed E-state index contributed by atoms with van der Waals surface area (Å²) >= 11 is 0. The highest BCUT2D eigenvalue weighted by atomic mass is 16.6. The molecule has 114 valence electrons. The predicted molar refractivity (Wildman–Crippen MR) is 82.0 cm³/mol. The molecular formula is C17H24N2O2. The topological polar surface area (TPSA) is 41.6 Å².